The summed E-state index contributed by atoms with van der Waals surface area (Å²) < 4.78 is 104. The molecule has 1 aliphatic carbocycles. The zero-order valence-electron chi connectivity index (χ0n) is 36.7. The maximum Gasteiger partial charge on any atom is 0.407 e. The van der Waals surface area contributed by atoms with Crippen LogP contribution in [0, 0.1) is 42.1 Å². The molecule has 4 atom stereocenters. The minimum Gasteiger partial charge on any atom is -0.453 e. The van der Waals surface area contributed by atoms with Crippen LogP contribution in [0.3, 0.4) is 0 Å². The van der Waals surface area contributed by atoms with E-state index in [0.717, 1.165) is 93.9 Å². The Hall–Kier alpha value is -4.30. The summed E-state index contributed by atoms with van der Waals surface area (Å²) >= 11 is 0. The number of benzene rings is 2. The van der Waals surface area contributed by atoms with Gasteiger partial charge in [-0.05, 0) is 107 Å². The van der Waals surface area contributed by atoms with Crippen LogP contribution in [0.25, 0.3) is 0 Å². The molecule has 0 bridgehead atoms. The quantitative estimate of drug-likeness (QED) is 0.133. The van der Waals surface area contributed by atoms with Gasteiger partial charge in [0.1, 0.15) is 26.4 Å². The number of methoxy groups -OCH3 is 1. The van der Waals surface area contributed by atoms with E-state index >= 15 is 4.39 Å². The molecule has 3 aromatic rings. The van der Waals surface area contributed by atoms with Gasteiger partial charge in [-0.15, -0.1) is 0 Å². The Morgan fingerprint density at radius 3 is 2.46 bits per heavy atom. The topological polar surface area (TPSA) is 173 Å². The normalized spacial score (nSPS) is 21.4. The molecule has 1 aromatic heterocycles. The zero-order valence-corrected chi connectivity index (χ0v) is 38.4. The van der Waals surface area contributed by atoms with Crippen LogP contribution < -0.4 is 11.1 Å². The highest BCUT2D eigenvalue weighted by atomic mass is 32.2. The number of alkyl carbamates (subject to hydrolysis) is 1. The van der Waals surface area contributed by atoms with E-state index in [1.54, 1.807) is 32.4 Å². The van der Waals surface area contributed by atoms with Gasteiger partial charge in [-0.3, -0.25) is 9.89 Å². The average Bonchev–Trinajstić information content (AvgIpc) is 3.85. The second kappa shape index (κ2) is 20.3. The second-order valence-electron chi connectivity index (χ2n) is 17.7. The molecule has 19 heteroatoms. The molecule has 3 fully saturated rings. The molecule has 3 heterocycles. The number of allylic oxidation sites excluding steroid dienone is 1. The SMILES string of the molecule is COC(=O)N[C@H]1CCC[C@@H]1[C@](Cn1ccnc1C)(c1cccc(F)c1)C1CCN(CC2CN(C(CN=C/C(=C\N)S(=O)(=O)c3ccc(F)c(F)c3CN(C)C)CS(C)(=O)=O)C2)CC1.[HH]. The van der Waals surface area contributed by atoms with E-state index < -0.39 is 58.7 Å². The second-order valence-corrected chi connectivity index (χ2v) is 21.8. The summed E-state index contributed by atoms with van der Waals surface area (Å²) in [7, 11) is -3.32. The van der Waals surface area contributed by atoms with Gasteiger partial charge < -0.3 is 30.2 Å². The van der Waals surface area contributed by atoms with E-state index in [0.29, 0.717) is 19.6 Å². The number of rotatable bonds is 18. The van der Waals surface area contributed by atoms with Crippen LogP contribution in [-0.2, 0) is 42.9 Å². The largest absolute Gasteiger partial charge is 0.453 e. The Bertz CT molecular complexity index is 2370. The molecule has 2 saturated heterocycles. The van der Waals surface area contributed by atoms with Gasteiger partial charge >= 0.3 is 6.09 Å². The molecule has 1 saturated carbocycles. The number of imidazole rings is 1. The van der Waals surface area contributed by atoms with Gasteiger partial charge in [0, 0.05) is 88.3 Å². The maximum atomic E-state index is 15.2. The van der Waals surface area contributed by atoms with Crippen LogP contribution in [-0.4, -0.2) is 138 Å². The van der Waals surface area contributed by atoms with Crippen molar-refractivity contribution in [1.82, 2.24) is 29.6 Å². The Morgan fingerprint density at radius 2 is 1.84 bits per heavy atom. The number of nitrogens with one attached hydrogen (secondary N) is 1. The predicted molar refractivity (Wildman–Crippen MR) is 238 cm³/mol. The number of carbonyl (C=O) groups is 1. The monoisotopic (exact) mass is 920 g/mol. The van der Waals surface area contributed by atoms with Crippen molar-refractivity contribution < 1.29 is 41.0 Å². The first kappa shape index (κ1) is 48.2. The molecule has 6 rings (SSSR count). The number of carbonyl (C=O) groups excluding carboxylic acids is 1. The molecule has 2 aliphatic heterocycles. The maximum absolute atomic E-state index is 15.2. The van der Waals surface area contributed by atoms with Crippen molar-refractivity contribution in [3.63, 3.8) is 0 Å². The Kier molecular flexibility index (Phi) is 15.5. The Balaban J connectivity index is 0.00000771. The van der Waals surface area contributed by atoms with Crippen LogP contribution >= 0.6 is 0 Å². The van der Waals surface area contributed by atoms with E-state index in [-0.39, 0.29) is 55.4 Å². The van der Waals surface area contributed by atoms with Gasteiger partial charge in [0.25, 0.3) is 0 Å². The van der Waals surface area contributed by atoms with Gasteiger partial charge in [-0.25, -0.2) is 39.8 Å². The number of aryl methyl sites for hydroxylation is 1. The molecular weight excluding hydrogens is 858 g/mol. The highest BCUT2D eigenvalue weighted by Gasteiger charge is 2.52. The summed E-state index contributed by atoms with van der Waals surface area (Å²) in [5, 5.41) is 3.12. The molecule has 2 aromatic carbocycles. The van der Waals surface area contributed by atoms with Crippen LogP contribution in [0.1, 0.15) is 50.5 Å². The van der Waals surface area contributed by atoms with Crippen molar-refractivity contribution in [1.29, 1.82) is 0 Å². The molecule has 0 spiro atoms. The molecular formula is C44H63F3N8O6S2. The van der Waals surface area contributed by atoms with E-state index in [1.165, 1.54) is 18.1 Å². The van der Waals surface area contributed by atoms with Gasteiger partial charge in [-0.1, -0.05) is 18.6 Å². The lowest BCUT2D eigenvalue weighted by Crippen LogP contribution is -2.59. The number of nitrogens with two attached hydrogens (primary N) is 1. The van der Waals surface area contributed by atoms with Crippen LogP contribution in [0.15, 0.2) is 69.8 Å². The number of hydrogen-bond donors (Lipinski definition) is 2. The first-order valence-corrected chi connectivity index (χ1v) is 24.9. The standard InChI is InChI=1S/C44H61F3N8O6S2.H2/c1-30-50-16-19-54(30)29-44(33-8-6-9-34(45)20-33,38-10-7-11-40(38)51-43(56)61-4)32-14-17-53(18-15-32)24-31-25-55(26-31)35(28-62(5,57)58)22-49-23-36(21-48)63(59,60)41-13-12-39(46)42(47)37(41)27-52(2)3;/h6,8-9,12-13,16,19-21,23,31-32,35,38,40H,7,10-11,14-15,17-18,22,24-29,48H2,1-5H3,(H,51,56);1H/b36-21+,49-23?;/t35?,38-,40-,44-;/m0./s1. The lowest BCUT2D eigenvalue weighted by molar-refractivity contribution is 0.0166. The third-order valence-electron chi connectivity index (χ3n) is 13.1. The van der Waals surface area contributed by atoms with E-state index in [9.17, 15) is 30.4 Å². The number of amides is 1. The van der Waals surface area contributed by atoms with Gasteiger partial charge in [0.2, 0.25) is 9.84 Å². The van der Waals surface area contributed by atoms with Gasteiger partial charge in [-0.2, -0.15) is 0 Å². The number of aromatic nitrogens is 2. The lowest BCUT2D eigenvalue weighted by Gasteiger charge is -2.52. The fraction of sp³-hybridized carbons (Fsp3) is 0.568. The molecule has 348 valence electrons. The number of aliphatic imine (C=N–C) groups is 1. The van der Waals surface area contributed by atoms with E-state index in [2.05, 4.69) is 24.8 Å². The highest BCUT2D eigenvalue weighted by molar-refractivity contribution is 7.96. The summed E-state index contributed by atoms with van der Waals surface area (Å²) in [5.74, 6) is -1.69. The Morgan fingerprint density at radius 1 is 1.11 bits per heavy atom. The van der Waals surface area contributed by atoms with Crippen LogP contribution in [0.5, 0.6) is 0 Å². The zero-order chi connectivity index (χ0) is 45.7. The number of nitrogens with zero attached hydrogens (tertiary/aromatic N) is 6. The number of sulfone groups is 2. The third kappa shape index (κ3) is 11.2. The summed E-state index contributed by atoms with van der Waals surface area (Å²) in [6.45, 7) is 5.96. The Labute approximate surface area is 371 Å². The first-order valence-electron chi connectivity index (χ1n) is 21.4. The van der Waals surface area contributed by atoms with Gasteiger partial charge in [0.15, 0.2) is 11.6 Å². The molecule has 1 amide bonds. The predicted octanol–water partition coefficient (Wildman–Crippen LogP) is 4.78. The van der Waals surface area contributed by atoms with Crippen molar-refractivity contribution >= 4 is 32.0 Å². The fourth-order valence-electron chi connectivity index (χ4n) is 10.2. The van der Waals surface area contributed by atoms with Crippen molar-refractivity contribution in [3.8, 4) is 0 Å². The lowest BCUT2D eigenvalue weighted by atomic mass is 9.58. The molecule has 63 heavy (non-hydrogen) atoms. The first-order chi connectivity index (χ1) is 29.9. The van der Waals surface area contributed by atoms with Crippen molar-refractivity contribution in [3.05, 3.63) is 94.3 Å². The summed E-state index contributed by atoms with van der Waals surface area (Å²) in [4.78, 5) is 26.6. The van der Waals surface area contributed by atoms with Crippen LogP contribution in [0.2, 0.25) is 0 Å². The van der Waals surface area contributed by atoms with Crippen molar-refractivity contribution in [2.45, 2.75) is 74.5 Å². The number of hydrogen-bond acceptors (Lipinski definition) is 12. The molecule has 3 aliphatic rings. The van der Waals surface area contributed by atoms with Crippen LogP contribution in [0.4, 0.5) is 18.0 Å². The summed E-state index contributed by atoms with van der Waals surface area (Å²) in [6, 6.07) is 7.97. The minimum atomic E-state index is -4.42. The third-order valence-corrected chi connectivity index (χ3v) is 16.0. The molecule has 3 N–H and O–H groups in total. The molecule has 1 unspecified atom stereocenters. The molecule has 0 radical (unpaired) electrons. The smallest absolute Gasteiger partial charge is 0.407 e. The number of likely N-dealkylation sites (tertiary alicyclic amines) is 2. The highest BCUT2D eigenvalue weighted by Crippen LogP contribution is 2.52. The minimum absolute atomic E-state index is 0. The summed E-state index contributed by atoms with van der Waals surface area (Å²) in [5.41, 5.74) is 5.78. The number of halogens is 3. The average molecular weight is 921 g/mol. The fourth-order valence-corrected chi connectivity index (χ4v) is 12.6. The van der Waals surface area contributed by atoms with E-state index in [4.69, 9.17) is 10.5 Å². The van der Waals surface area contributed by atoms with E-state index in [1.807, 2.05) is 24.1 Å². The number of ether oxygens (including phenoxy) is 1. The van der Waals surface area contributed by atoms with Crippen molar-refractivity contribution in [2.24, 2.45) is 28.5 Å². The molecule has 14 nitrogen and oxygen atoms in total. The van der Waals surface area contributed by atoms with Gasteiger partial charge in [0.05, 0.1) is 24.3 Å². The van der Waals surface area contributed by atoms with Crippen molar-refractivity contribution in [2.75, 3.05) is 72.5 Å². The summed E-state index contributed by atoms with van der Waals surface area (Å²) in [6.07, 6.45) is 10.6. The number of piperidine rings is 1.